The highest BCUT2D eigenvalue weighted by molar-refractivity contribution is 6.17. The quantitative estimate of drug-likeness (QED) is 0.203. The number of aliphatic imine (C=N–C) groups is 2. The van der Waals surface area contributed by atoms with E-state index in [1.165, 1.54) is 6.34 Å². The number of amides is 1. The van der Waals surface area contributed by atoms with Crippen molar-refractivity contribution >= 4 is 47.9 Å². The van der Waals surface area contributed by atoms with Crippen molar-refractivity contribution in [2.45, 2.75) is 57.4 Å². The predicted molar refractivity (Wildman–Crippen MR) is 183 cm³/mol. The number of rotatable bonds is 17. The molecule has 2 N–H and O–H groups in total. The third-order valence-corrected chi connectivity index (χ3v) is 8.37. The van der Waals surface area contributed by atoms with Gasteiger partial charge >= 0.3 is 0 Å². The molecule has 4 rings (SSSR count). The van der Waals surface area contributed by atoms with Crippen LogP contribution in [0.1, 0.15) is 63.0 Å². The van der Waals surface area contributed by atoms with E-state index in [4.69, 9.17) is 21.1 Å². The van der Waals surface area contributed by atoms with Crippen LogP contribution in [0, 0.1) is 5.92 Å². The summed E-state index contributed by atoms with van der Waals surface area (Å²) in [5.74, 6) is 0.704. The molecule has 0 unspecified atom stereocenters. The van der Waals surface area contributed by atoms with Gasteiger partial charge in [-0.15, -0.1) is 11.6 Å². The van der Waals surface area contributed by atoms with E-state index in [2.05, 4.69) is 20.3 Å². The number of H-pyrrole nitrogens is 1. The number of carbonyl (C=O) groups excluding carboxylic acids is 1. The maximum Gasteiger partial charge on any atom is 0.276 e. The molecule has 1 aliphatic heterocycles. The molecule has 1 aromatic carbocycles. The van der Waals surface area contributed by atoms with E-state index >= 15 is 0 Å². The number of hydrogen-bond donors (Lipinski definition) is 2. The monoisotopic (exact) mass is 638 g/mol. The van der Waals surface area contributed by atoms with Crippen molar-refractivity contribution in [3.8, 4) is 0 Å². The summed E-state index contributed by atoms with van der Waals surface area (Å²) in [5.41, 5.74) is 3.39. The summed E-state index contributed by atoms with van der Waals surface area (Å²) < 4.78 is 13.0. The van der Waals surface area contributed by atoms with E-state index in [-0.39, 0.29) is 23.4 Å². The van der Waals surface area contributed by atoms with Crippen LogP contribution in [0.15, 0.2) is 50.8 Å². The number of benzene rings is 1. The van der Waals surface area contributed by atoms with Crippen LogP contribution in [-0.4, -0.2) is 81.0 Å². The molecule has 0 radical (unpaired) electrons. The number of carbonyl (C=O) groups is 1. The lowest BCUT2D eigenvalue weighted by atomic mass is 9.85. The zero-order valence-corrected chi connectivity index (χ0v) is 27.3. The molecule has 1 saturated carbocycles. The van der Waals surface area contributed by atoms with Crippen LogP contribution in [0.2, 0.25) is 0 Å². The molecular formula is C34H47ClN6O4. The minimum atomic E-state index is -0.0714. The fourth-order valence-electron chi connectivity index (χ4n) is 5.56. The highest BCUT2D eigenvalue weighted by Crippen LogP contribution is 2.30. The van der Waals surface area contributed by atoms with Crippen LogP contribution in [-0.2, 0) is 14.3 Å². The smallest absolute Gasteiger partial charge is 0.276 e. The van der Waals surface area contributed by atoms with Crippen LogP contribution in [0.5, 0.6) is 0 Å². The van der Waals surface area contributed by atoms with Crippen molar-refractivity contribution in [1.82, 2.24) is 14.9 Å². The lowest BCUT2D eigenvalue weighted by Gasteiger charge is -2.28. The van der Waals surface area contributed by atoms with Gasteiger partial charge in [0.25, 0.3) is 5.56 Å². The third-order valence-electron chi connectivity index (χ3n) is 8.11. The number of allylic oxidation sites excluding steroid dienone is 2. The topological polar surface area (TPSA) is 113 Å². The van der Waals surface area contributed by atoms with Crippen LogP contribution in [0.25, 0.3) is 12.2 Å². The largest absolute Gasteiger partial charge is 0.379 e. The number of nitrogens with one attached hydrogen (secondary N) is 2. The Morgan fingerprint density at radius 2 is 1.76 bits per heavy atom. The zero-order valence-electron chi connectivity index (χ0n) is 26.6. The van der Waals surface area contributed by atoms with Crippen molar-refractivity contribution in [2.24, 2.45) is 15.9 Å². The van der Waals surface area contributed by atoms with Gasteiger partial charge in [0.05, 0.1) is 31.7 Å². The number of anilines is 1. The van der Waals surface area contributed by atoms with Gasteiger partial charge in [-0.3, -0.25) is 14.2 Å². The van der Waals surface area contributed by atoms with Crippen molar-refractivity contribution in [3.05, 3.63) is 62.8 Å². The second-order valence-electron chi connectivity index (χ2n) is 11.6. The lowest BCUT2D eigenvalue weighted by Crippen LogP contribution is -2.39. The summed E-state index contributed by atoms with van der Waals surface area (Å²) in [6.45, 7) is 2.75. The van der Waals surface area contributed by atoms with Gasteiger partial charge in [-0.05, 0) is 74.4 Å². The van der Waals surface area contributed by atoms with E-state index < -0.39 is 0 Å². The van der Waals surface area contributed by atoms with Gasteiger partial charge in [-0.1, -0.05) is 25.0 Å². The summed E-state index contributed by atoms with van der Waals surface area (Å²) in [6, 6.07) is 8.06. The molecule has 0 atom stereocenters. The van der Waals surface area contributed by atoms with Gasteiger partial charge in [0.2, 0.25) is 5.91 Å². The van der Waals surface area contributed by atoms with Crippen molar-refractivity contribution in [2.75, 3.05) is 57.8 Å². The molecule has 0 spiro atoms. The van der Waals surface area contributed by atoms with Gasteiger partial charge < -0.3 is 24.7 Å². The Kier molecular flexibility index (Phi) is 14.1. The molecule has 2 heterocycles. The second-order valence-corrected chi connectivity index (χ2v) is 12.0. The first-order chi connectivity index (χ1) is 22.0. The Hall–Kier alpha value is -3.47. The minimum Gasteiger partial charge on any atom is -0.379 e. The van der Waals surface area contributed by atoms with E-state index in [1.807, 2.05) is 66.1 Å². The highest BCUT2D eigenvalue weighted by Gasteiger charge is 2.28. The van der Waals surface area contributed by atoms with E-state index in [0.29, 0.717) is 37.2 Å². The predicted octanol–water partition coefficient (Wildman–Crippen LogP) is 3.53. The summed E-state index contributed by atoms with van der Waals surface area (Å²) in [7, 11) is 4.00. The number of ether oxygens (including phenoxy) is 2. The zero-order chi connectivity index (χ0) is 31.9. The lowest BCUT2D eigenvalue weighted by molar-refractivity contribution is -0.126. The molecule has 11 heteroatoms. The van der Waals surface area contributed by atoms with Crippen LogP contribution in [0.3, 0.4) is 0 Å². The van der Waals surface area contributed by atoms with Gasteiger partial charge in [-0.25, -0.2) is 9.98 Å². The first-order valence-electron chi connectivity index (χ1n) is 16.0. The maximum absolute atomic E-state index is 13.7. The van der Waals surface area contributed by atoms with Crippen molar-refractivity contribution in [1.29, 1.82) is 0 Å². The Bertz CT molecular complexity index is 1470. The number of nitrogens with zero attached hydrogens (tertiary/aromatic N) is 4. The Balaban J connectivity index is 1.30. The number of halogens is 1. The first-order valence-corrected chi connectivity index (χ1v) is 16.6. The number of aromatic amines is 1. The Morgan fingerprint density at radius 1 is 1.02 bits per heavy atom. The van der Waals surface area contributed by atoms with Gasteiger partial charge in [0.15, 0.2) is 0 Å². The molecule has 2 aromatic rings. The molecule has 45 heavy (non-hydrogen) atoms. The molecular weight excluding hydrogens is 592 g/mol. The summed E-state index contributed by atoms with van der Waals surface area (Å²) in [6.07, 6.45) is 16.1. The molecule has 0 saturated heterocycles. The number of aromatic nitrogens is 2. The van der Waals surface area contributed by atoms with Crippen molar-refractivity contribution in [3.63, 3.8) is 0 Å². The van der Waals surface area contributed by atoms with E-state index in [0.717, 1.165) is 80.8 Å². The molecule has 0 bridgehead atoms. The van der Waals surface area contributed by atoms with Crippen LogP contribution in [0.4, 0.5) is 5.69 Å². The van der Waals surface area contributed by atoms with Gasteiger partial charge in [0.1, 0.15) is 17.2 Å². The standard InChI is InChI=1S/C34H47ClN6O4/c1-40(2)29-12-7-26(8-13-29)23-31-34(43)41(32(39-31)16-11-28-24-36-25-38-28)30-14-9-27(10-15-30)33(42)37-18-20-45-22-21-44-19-6-4-3-5-17-35/h7-8,11-13,16,23-25,27,30,39H,3-6,9-10,14-15,17-22H2,1-2H3,(H,37,42)/b28-11?,31-23-,32-16?. The highest BCUT2D eigenvalue weighted by atomic mass is 35.5. The third kappa shape index (κ3) is 10.8. The Labute approximate surface area is 270 Å². The molecule has 2 aliphatic rings. The number of unbranched alkanes of at least 4 members (excludes halogenated alkanes) is 3. The first kappa shape index (κ1) is 34.4. The average molecular weight is 639 g/mol. The molecule has 1 aromatic heterocycles. The van der Waals surface area contributed by atoms with E-state index in [1.54, 1.807) is 6.21 Å². The van der Waals surface area contributed by atoms with E-state index in [9.17, 15) is 9.59 Å². The average Bonchev–Trinajstić information content (AvgIpc) is 3.68. The second kappa shape index (κ2) is 18.5. The van der Waals surface area contributed by atoms with Crippen LogP contribution < -0.4 is 26.6 Å². The molecule has 244 valence electrons. The number of hydrogen-bond acceptors (Lipinski definition) is 7. The molecule has 1 fully saturated rings. The molecule has 1 aliphatic carbocycles. The van der Waals surface area contributed by atoms with Crippen LogP contribution >= 0.6 is 11.6 Å². The Morgan fingerprint density at radius 3 is 2.44 bits per heavy atom. The van der Waals surface area contributed by atoms with Gasteiger partial charge in [-0.2, -0.15) is 0 Å². The summed E-state index contributed by atoms with van der Waals surface area (Å²) >= 11 is 5.69. The number of imidazole rings is 1. The minimum absolute atomic E-state index is 0.00914. The summed E-state index contributed by atoms with van der Waals surface area (Å²) in [5, 5.41) is 3.54. The SMILES string of the molecule is CN(C)c1ccc(/C=c2\[nH]c(=CC=C3C=NC=N3)n(C3CCC(C(=O)NCCOCCOCCCCCCCl)CC3)c2=O)cc1. The fourth-order valence-corrected chi connectivity index (χ4v) is 5.75. The fraction of sp³-hybridized carbons (Fsp3) is 0.529. The normalized spacial score (nSPS) is 19.6. The number of alkyl halides is 1. The van der Waals surface area contributed by atoms with Gasteiger partial charge in [0, 0.05) is 50.8 Å². The van der Waals surface area contributed by atoms with Crippen molar-refractivity contribution < 1.29 is 14.3 Å². The molecule has 1 amide bonds. The maximum atomic E-state index is 13.7. The molecule has 10 nitrogen and oxygen atoms in total. The summed E-state index contributed by atoms with van der Waals surface area (Å²) in [4.78, 5) is 40.2.